The Bertz CT molecular complexity index is 5070. The van der Waals surface area contributed by atoms with E-state index in [1.807, 2.05) is 13.8 Å². The molecule has 18 atom stereocenters. The lowest BCUT2D eigenvalue weighted by Crippen LogP contribution is -2.64. The molecule has 123 heavy (non-hydrogen) atoms. The van der Waals surface area contributed by atoms with Crippen LogP contribution < -0.4 is 72.5 Å². The van der Waals surface area contributed by atoms with E-state index in [0.29, 0.717) is 29.8 Å². The number of carbonyl (C=O) groups is 9. The van der Waals surface area contributed by atoms with Crippen molar-refractivity contribution in [2.45, 2.75) is 213 Å². The maximum Gasteiger partial charge on any atom is 0.248 e. The summed E-state index contributed by atoms with van der Waals surface area (Å²) in [6.07, 6.45) is -14.5. The lowest BCUT2D eigenvalue weighted by molar-refractivity contribution is -0.333. The number of benzene rings is 6. The Balaban J connectivity index is 0.913. The van der Waals surface area contributed by atoms with Crippen LogP contribution in [0.25, 0.3) is 11.1 Å². The van der Waals surface area contributed by atoms with Gasteiger partial charge in [-0.05, 0) is 207 Å². The predicted molar refractivity (Wildman–Crippen MR) is 433 cm³/mol. The van der Waals surface area contributed by atoms with Crippen molar-refractivity contribution < 1.29 is 122 Å². The van der Waals surface area contributed by atoms with Gasteiger partial charge in [0.2, 0.25) is 71.0 Å². The van der Waals surface area contributed by atoms with E-state index in [1.165, 1.54) is 81.6 Å². The summed E-state index contributed by atoms with van der Waals surface area (Å²) in [5.74, 6) is -14.7. The Labute approximate surface area is 710 Å². The van der Waals surface area contributed by atoms with Crippen molar-refractivity contribution >= 4 is 64.8 Å². The molecule has 15 bridgehead atoms. The minimum Gasteiger partial charge on any atom is -0.508 e. The predicted octanol–water partition coefficient (Wildman–Crippen LogP) is 2.20. The number of hydrogen-bond acceptors (Lipinski definition) is 27. The summed E-state index contributed by atoms with van der Waals surface area (Å²) in [7, 11) is 1.48. The molecule has 36 heteroatoms. The first-order chi connectivity index (χ1) is 58.5. The molecule has 12 aliphatic rings. The van der Waals surface area contributed by atoms with Crippen LogP contribution in [0.3, 0.4) is 0 Å². The van der Waals surface area contributed by atoms with Crippen molar-refractivity contribution in [3.05, 3.63) is 159 Å². The van der Waals surface area contributed by atoms with E-state index >= 15 is 28.8 Å². The number of likely N-dealkylation sites (N-methyl/N-ethyl adjacent to an activating group) is 1. The first kappa shape index (κ1) is 87.4. The monoisotopic (exact) mass is 1720 g/mol. The van der Waals surface area contributed by atoms with Gasteiger partial charge in [-0.25, -0.2) is 0 Å². The van der Waals surface area contributed by atoms with Crippen LogP contribution in [-0.4, -0.2) is 204 Å². The largest absolute Gasteiger partial charge is 0.508 e. The smallest absolute Gasteiger partial charge is 0.248 e. The Hall–Kier alpha value is -10.5. The highest BCUT2D eigenvalue weighted by Gasteiger charge is 2.54. The zero-order valence-electron chi connectivity index (χ0n) is 68.0. The van der Waals surface area contributed by atoms with Crippen molar-refractivity contribution in [2.24, 2.45) is 35.3 Å². The highest BCUT2D eigenvalue weighted by atomic mass is 35.5. The number of aromatic hydroxyl groups is 1. The van der Waals surface area contributed by atoms with E-state index in [1.54, 1.807) is 31.2 Å². The molecule has 656 valence electrons. The highest BCUT2D eigenvalue weighted by molar-refractivity contribution is 6.32. The second-order valence-electron chi connectivity index (χ2n) is 34.2. The van der Waals surface area contributed by atoms with E-state index < -0.39 is 216 Å². The number of halogens is 1. The van der Waals surface area contributed by atoms with E-state index in [4.69, 9.17) is 50.5 Å². The Morgan fingerprint density at radius 3 is 2.00 bits per heavy atom. The van der Waals surface area contributed by atoms with Crippen molar-refractivity contribution in [3.63, 3.8) is 0 Å². The summed E-state index contributed by atoms with van der Waals surface area (Å²) in [6.45, 7) is 7.85. The summed E-state index contributed by atoms with van der Waals surface area (Å²) in [4.78, 5) is 139. The van der Waals surface area contributed by atoms with Crippen LogP contribution in [0.5, 0.6) is 40.2 Å². The molecule has 7 heterocycles. The van der Waals surface area contributed by atoms with Gasteiger partial charge in [0.15, 0.2) is 23.9 Å². The van der Waals surface area contributed by atoms with Crippen LogP contribution in [0.4, 0.5) is 0 Å². The summed E-state index contributed by atoms with van der Waals surface area (Å²) < 4.78 is 44.7. The molecule has 0 spiro atoms. The molecule has 0 radical (unpaired) electrons. The lowest BCUT2D eigenvalue weighted by atomic mass is 9.54. The van der Waals surface area contributed by atoms with Gasteiger partial charge in [0, 0.05) is 29.1 Å². The number of ether oxygens (including phenoxy) is 7. The third-order valence-electron chi connectivity index (χ3n) is 24.9. The number of aliphatic hydroxyl groups excluding tert-OH is 6. The Morgan fingerprint density at radius 1 is 0.683 bits per heavy atom. The molecule has 20 N–H and O–H groups in total. The maximum absolute atomic E-state index is 16.7. The van der Waals surface area contributed by atoms with Gasteiger partial charge in [-0.15, -0.1) is 0 Å². The molecule has 35 nitrogen and oxygen atoms in total. The molecule has 0 aromatic heterocycles. The van der Waals surface area contributed by atoms with Crippen molar-refractivity contribution in [3.8, 4) is 51.4 Å². The lowest BCUT2D eigenvalue weighted by Gasteiger charge is -2.54. The quantitative estimate of drug-likeness (QED) is 0.0548. The van der Waals surface area contributed by atoms with E-state index in [2.05, 4.69) is 47.9 Å². The molecule has 0 unspecified atom stereocenters. The summed E-state index contributed by atoms with van der Waals surface area (Å²) >= 11 is 7.22. The number of carbonyl (C=O) groups excluding carboxylic acids is 9. The SMILES string of the molecule is CCOc1ccc(CC(=O)NC(=O)C[C@@H]2NC(=O)[C@H](NC(=O)[C@@H](CC(C)C)NC)[C@H](O)c3ccc(c(Cl)c3)Oc3cc4cc(c3O[C@@H]3O[C@H](CO)[C@@H](O)[C@H](O)[C@H]3O[C@H]3C[C@](C)(N)[C@H](O)[C@H](C)O3)Oc3ccc(cc3)[C@@H](O)[C@@H]3NC(=O)[C@H](NC(=O)[C@@H]4NC2=O)c2ccc4c(c2)-c2c(cc(O)cc2C4(O)O)[C@@H](C(=O)NC2C4CC5CC(C4)CC2C5)NC3=O)cc1. The van der Waals surface area contributed by atoms with Gasteiger partial charge in [-0.1, -0.05) is 67.9 Å². The fourth-order valence-electron chi connectivity index (χ4n) is 18.9. The van der Waals surface area contributed by atoms with Gasteiger partial charge >= 0.3 is 0 Å². The third kappa shape index (κ3) is 17.9. The number of phenols is 1. The number of rotatable bonds is 18. The molecule has 9 amide bonds. The molecular formula is C87H101ClN10O25. The summed E-state index contributed by atoms with van der Waals surface area (Å²) in [6, 6.07) is 9.01. The highest BCUT2D eigenvalue weighted by Crippen LogP contribution is 2.56. The maximum atomic E-state index is 16.7. The number of amides is 9. The van der Waals surface area contributed by atoms with Crippen LogP contribution >= 0.6 is 11.6 Å². The van der Waals surface area contributed by atoms with Gasteiger partial charge in [0.1, 0.15) is 89.8 Å². The van der Waals surface area contributed by atoms with E-state index in [-0.39, 0.29) is 97.7 Å². The average Bonchev–Trinajstić information content (AvgIpc) is 1.55. The van der Waals surface area contributed by atoms with Crippen molar-refractivity contribution in [2.75, 3.05) is 20.3 Å². The number of hydrogen-bond donors (Lipinski definition) is 19. The second kappa shape index (κ2) is 35.3. The standard InChI is InChI=1S/C87H101ClN10O25/c1-7-117-48-14-8-38(9-15-48)26-61(101)92-62(102)33-56-79(109)94-67-46-29-58(75(123-85-76(74(106)73(105)60(35-99)121-85)122-63-34-86(5,89)77(107)37(4)118-63)59(30-46)120-57-19-13-43(28-54(57)88)72(104)70(83(113)91-56)97-78(108)55(90-6)20-36(2)3)119-49-16-10-41(11-17-49)71(103)69-84(114)96-68(82(112)93-65-44-22-39-21-40(24-44)25-45(65)23-39)51-31-47(100)32-53-64(51)50-27-42(12-18-52(50)87(53,115)116)66(80(110)98-69)95-81(67)111/h8-19,27-32,36-37,39-40,44-45,55-56,60,63,65-74,76-77,85,90,99-100,103-107,115-116H,7,20-26,33-35,89H2,1-6H3,(H,91,113)(H,93,112)(H,94,109)(H,95,111)(H,96,114)(H,97,108)(H,98,110)(H,92,101,102)/t37-,39?,40?,44?,45?,55+,56-,60+,63-,65?,66+,67+,68-,69-,70+,71+,72+,73+,74-,76+,77+,85-,86-/m0/s1. The second-order valence-corrected chi connectivity index (χ2v) is 34.6. The molecule has 2 saturated heterocycles. The van der Waals surface area contributed by atoms with Gasteiger partial charge in [0.25, 0.3) is 0 Å². The fraction of sp³-hybridized carbons (Fsp3) is 0.483. The molecule has 6 aromatic carbocycles. The first-order valence-electron chi connectivity index (χ1n) is 41.2. The number of nitrogens with two attached hydrogens (primary N) is 1. The third-order valence-corrected chi connectivity index (χ3v) is 25.2. The van der Waals surface area contributed by atoms with Crippen LogP contribution in [0.15, 0.2) is 109 Å². The molecule has 5 aliphatic carbocycles. The van der Waals surface area contributed by atoms with Crippen LogP contribution in [0.1, 0.15) is 161 Å². The number of fused-ring (bicyclic) bond motifs is 12. The molecular weight excluding hydrogens is 1620 g/mol. The zero-order chi connectivity index (χ0) is 87.7. The van der Waals surface area contributed by atoms with E-state index in [0.717, 1.165) is 56.4 Å². The fourth-order valence-corrected chi connectivity index (χ4v) is 19.2. The number of aliphatic hydroxyl groups is 8. The normalized spacial score (nSPS) is 31.3. The van der Waals surface area contributed by atoms with Crippen molar-refractivity contribution in [1.82, 2.24) is 47.9 Å². The Kier molecular flexibility index (Phi) is 25.1. The van der Waals surface area contributed by atoms with Gasteiger partial charge in [-0.3, -0.25) is 48.5 Å². The zero-order valence-corrected chi connectivity index (χ0v) is 68.7. The van der Waals surface area contributed by atoms with Crippen LogP contribution in [-0.2, 0) is 69.6 Å². The van der Waals surface area contributed by atoms with Gasteiger partial charge in [-0.2, -0.15) is 0 Å². The molecule has 7 aliphatic heterocycles. The Morgan fingerprint density at radius 2 is 1.34 bits per heavy atom. The number of phenolic OH excluding ortho intramolecular Hbond substituents is 1. The molecule has 18 rings (SSSR count). The summed E-state index contributed by atoms with van der Waals surface area (Å²) in [5, 5.41) is 131. The molecule has 4 saturated carbocycles. The van der Waals surface area contributed by atoms with Crippen molar-refractivity contribution in [1.29, 1.82) is 0 Å². The van der Waals surface area contributed by atoms with Crippen LogP contribution in [0, 0.1) is 29.6 Å². The topological polar surface area (TPSA) is 535 Å². The minimum absolute atomic E-state index is 0.0820. The van der Waals surface area contributed by atoms with Gasteiger partial charge in [0.05, 0.1) is 49.3 Å². The number of nitrogens with one attached hydrogen (secondary N) is 9. The molecule has 6 aromatic rings. The number of imide groups is 1. The molecule has 6 fully saturated rings. The first-order valence-corrected chi connectivity index (χ1v) is 41.6. The van der Waals surface area contributed by atoms with E-state index in [9.17, 15) is 60.3 Å². The minimum atomic E-state index is -2.98. The van der Waals surface area contributed by atoms with Gasteiger partial charge < -0.3 is 127 Å². The summed E-state index contributed by atoms with van der Waals surface area (Å²) in [5.41, 5.74) is 3.70. The van der Waals surface area contributed by atoms with Crippen LogP contribution in [0.2, 0.25) is 5.02 Å². The average molecular weight is 1720 g/mol.